The molecule has 0 amide bonds. The molecule has 3 rings (SSSR count). The molecule has 11 heteroatoms. The molecule has 0 aliphatic heterocycles. The van der Waals surface area contributed by atoms with Gasteiger partial charge in [0.2, 0.25) is 0 Å². The Hall–Kier alpha value is -3.50. The van der Waals surface area contributed by atoms with E-state index in [-0.39, 0.29) is 23.3 Å². The molecule has 0 fully saturated rings. The molecule has 0 aliphatic rings. The summed E-state index contributed by atoms with van der Waals surface area (Å²) in [6.07, 6.45) is 3.17. The minimum atomic E-state index is -0.793. The molecule has 0 unspecified atom stereocenters. The lowest BCUT2D eigenvalue weighted by molar-refractivity contribution is 0.0968. The van der Waals surface area contributed by atoms with Gasteiger partial charge in [0.1, 0.15) is 23.1 Å². The third-order valence-corrected chi connectivity index (χ3v) is 4.34. The average Bonchev–Trinajstić information content (AvgIpc) is 3.01. The fraction of sp³-hybridized carbons (Fsp3) is 0.375. The first kappa shape index (κ1) is 18.3. The van der Waals surface area contributed by atoms with E-state index >= 15 is 0 Å². The largest absolute Gasteiger partial charge is 0.384 e. The van der Waals surface area contributed by atoms with Gasteiger partial charge in [-0.3, -0.25) is 32.8 Å². The topological polar surface area (TPSA) is 140 Å². The highest BCUT2D eigenvalue weighted by atomic mass is 16.2. The van der Waals surface area contributed by atoms with Crippen LogP contribution in [0.4, 0.5) is 5.82 Å². The Morgan fingerprint density at radius 1 is 1.19 bits per heavy atom. The van der Waals surface area contributed by atoms with Crippen LogP contribution in [0.25, 0.3) is 11.0 Å². The van der Waals surface area contributed by atoms with Crippen molar-refractivity contribution in [3.05, 3.63) is 49.3 Å². The Morgan fingerprint density at radius 2 is 1.89 bits per heavy atom. The van der Waals surface area contributed by atoms with E-state index in [2.05, 4.69) is 10.1 Å². The van der Waals surface area contributed by atoms with Gasteiger partial charge in [0.05, 0.1) is 12.7 Å². The Labute approximate surface area is 152 Å². The summed E-state index contributed by atoms with van der Waals surface area (Å²) in [4.78, 5) is 54.0. The highest BCUT2D eigenvalue weighted by molar-refractivity contribution is 5.99. The van der Waals surface area contributed by atoms with Crippen LogP contribution in [0, 0.1) is 0 Å². The minimum absolute atomic E-state index is 0.196. The van der Waals surface area contributed by atoms with Crippen molar-refractivity contribution in [2.75, 3.05) is 5.73 Å². The quantitative estimate of drug-likeness (QED) is 0.558. The number of aryl methyl sites for hydroxylation is 1. The number of Topliss-reactive ketones (excluding diaryl/α,β-unsaturated/α-hetero) is 1. The molecule has 2 N–H and O–H groups in total. The molecule has 3 aromatic heterocycles. The van der Waals surface area contributed by atoms with Crippen LogP contribution in [0.2, 0.25) is 0 Å². The number of nitrogens with two attached hydrogens (primary N) is 1. The minimum Gasteiger partial charge on any atom is -0.384 e. The maximum atomic E-state index is 12.8. The first-order valence-electron chi connectivity index (χ1n) is 8.27. The zero-order valence-corrected chi connectivity index (χ0v) is 15.2. The van der Waals surface area contributed by atoms with Crippen LogP contribution < -0.4 is 22.5 Å². The predicted molar refractivity (Wildman–Crippen MR) is 97.7 cm³/mol. The first-order chi connectivity index (χ1) is 12.8. The zero-order chi connectivity index (χ0) is 19.9. The molecule has 3 heterocycles. The molecule has 0 saturated carbocycles. The Morgan fingerprint density at radius 3 is 2.56 bits per heavy atom. The third kappa shape index (κ3) is 2.86. The van der Waals surface area contributed by atoms with Gasteiger partial charge in [0.25, 0.3) is 11.1 Å². The number of nitrogen functional groups attached to an aromatic ring is 1. The number of anilines is 1. The van der Waals surface area contributed by atoms with E-state index in [0.29, 0.717) is 12.1 Å². The van der Waals surface area contributed by atoms with Gasteiger partial charge in [-0.05, 0) is 6.42 Å². The number of aromatic nitrogens is 6. The summed E-state index contributed by atoms with van der Waals surface area (Å²) < 4.78 is 4.54. The van der Waals surface area contributed by atoms with Crippen molar-refractivity contribution in [1.29, 1.82) is 0 Å². The molecular formula is C16H19N7O4. The molecule has 27 heavy (non-hydrogen) atoms. The number of nitrogens with zero attached hydrogens (tertiary/aromatic N) is 6. The molecule has 3 aromatic rings. The number of carbonyl (C=O) groups is 1. The van der Waals surface area contributed by atoms with E-state index in [1.165, 1.54) is 28.8 Å². The van der Waals surface area contributed by atoms with Crippen molar-refractivity contribution >= 4 is 22.6 Å². The van der Waals surface area contributed by atoms with Crippen molar-refractivity contribution in [1.82, 2.24) is 28.5 Å². The number of fused-ring (bicyclic) bond motifs is 1. The second kappa shape index (κ2) is 6.67. The van der Waals surface area contributed by atoms with E-state index in [9.17, 15) is 19.2 Å². The highest BCUT2D eigenvalue weighted by Gasteiger charge is 2.22. The molecule has 0 aliphatic carbocycles. The fourth-order valence-electron chi connectivity index (χ4n) is 2.90. The normalized spacial score (nSPS) is 11.2. The zero-order valence-electron chi connectivity index (χ0n) is 15.2. The van der Waals surface area contributed by atoms with E-state index in [4.69, 9.17) is 5.73 Å². The van der Waals surface area contributed by atoms with Crippen LogP contribution in [-0.4, -0.2) is 34.2 Å². The van der Waals surface area contributed by atoms with Crippen LogP contribution in [-0.2, 0) is 27.2 Å². The number of carbonyl (C=O) groups excluding carboxylic acids is 1. The SMILES string of the molecule is CCCn1c(N)c(C(=O)Cn2cnc3c(cnn3C)c2=O)c(=O)n(C)c1=O. The lowest BCUT2D eigenvalue weighted by Crippen LogP contribution is -2.43. The molecular weight excluding hydrogens is 354 g/mol. The summed E-state index contributed by atoms with van der Waals surface area (Å²) in [6, 6.07) is 0. The summed E-state index contributed by atoms with van der Waals surface area (Å²) in [7, 11) is 2.92. The predicted octanol–water partition coefficient (Wildman–Crippen LogP) is -1.13. The summed E-state index contributed by atoms with van der Waals surface area (Å²) in [5.74, 6) is -0.872. The monoisotopic (exact) mass is 373 g/mol. The van der Waals surface area contributed by atoms with Crippen LogP contribution in [0.1, 0.15) is 23.7 Å². The molecule has 0 saturated heterocycles. The van der Waals surface area contributed by atoms with Gasteiger partial charge in [-0.1, -0.05) is 6.92 Å². The number of ketones is 1. The molecule has 0 bridgehead atoms. The van der Waals surface area contributed by atoms with E-state index < -0.39 is 29.1 Å². The number of hydrogen-bond acceptors (Lipinski definition) is 7. The van der Waals surface area contributed by atoms with Gasteiger partial charge in [0, 0.05) is 20.6 Å². The first-order valence-corrected chi connectivity index (χ1v) is 8.27. The Balaban J connectivity index is 2.10. The van der Waals surface area contributed by atoms with E-state index in [0.717, 1.165) is 9.13 Å². The lowest BCUT2D eigenvalue weighted by atomic mass is 10.2. The molecule has 142 valence electrons. The lowest BCUT2D eigenvalue weighted by Gasteiger charge is -2.14. The summed E-state index contributed by atoms with van der Waals surface area (Å²) in [5.41, 5.74) is 4.16. The van der Waals surface area contributed by atoms with Crippen LogP contribution >= 0.6 is 0 Å². The standard InChI is InChI=1S/C16H19N7O4/c1-4-5-23-12(17)11(15(26)20(2)16(23)27)10(24)7-22-8-18-13-9(14(22)25)6-19-21(13)3/h6,8H,4-5,7,17H2,1-3H3. The molecule has 0 radical (unpaired) electrons. The second-order valence-electron chi connectivity index (χ2n) is 6.16. The average molecular weight is 373 g/mol. The maximum Gasteiger partial charge on any atom is 0.332 e. The Kier molecular flexibility index (Phi) is 4.52. The van der Waals surface area contributed by atoms with Crippen molar-refractivity contribution in [3.63, 3.8) is 0 Å². The van der Waals surface area contributed by atoms with Gasteiger partial charge >= 0.3 is 5.69 Å². The van der Waals surface area contributed by atoms with Crippen molar-refractivity contribution in [2.24, 2.45) is 14.1 Å². The van der Waals surface area contributed by atoms with Gasteiger partial charge in [-0.15, -0.1) is 0 Å². The van der Waals surface area contributed by atoms with E-state index in [1.54, 1.807) is 7.05 Å². The summed E-state index contributed by atoms with van der Waals surface area (Å²) >= 11 is 0. The third-order valence-electron chi connectivity index (χ3n) is 4.34. The molecule has 0 spiro atoms. The van der Waals surface area contributed by atoms with Crippen LogP contribution in [0.15, 0.2) is 26.9 Å². The molecule has 11 nitrogen and oxygen atoms in total. The van der Waals surface area contributed by atoms with Crippen LogP contribution in [0.3, 0.4) is 0 Å². The van der Waals surface area contributed by atoms with Gasteiger partial charge < -0.3 is 5.73 Å². The number of rotatable bonds is 5. The van der Waals surface area contributed by atoms with E-state index in [1.807, 2.05) is 6.92 Å². The smallest absolute Gasteiger partial charge is 0.332 e. The maximum absolute atomic E-state index is 12.8. The van der Waals surface area contributed by atoms with Crippen LogP contribution in [0.5, 0.6) is 0 Å². The summed E-state index contributed by atoms with van der Waals surface area (Å²) in [6.45, 7) is 1.68. The number of hydrogen-bond donors (Lipinski definition) is 1. The molecule has 0 aromatic carbocycles. The van der Waals surface area contributed by atoms with Gasteiger partial charge in [-0.25, -0.2) is 9.78 Å². The van der Waals surface area contributed by atoms with Crippen molar-refractivity contribution in [2.45, 2.75) is 26.4 Å². The van der Waals surface area contributed by atoms with Gasteiger partial charge in [0.15, 0.2) is 11.4 Å². The molecule has 0 atom stereocenters. The van der Waals surface area contributed by atoms with Crippen molar-refractivity contribution in [3.8, 4) is 0 Å². The Bertz CT molecular complexity index is 1230. The summed E-state index contributed by atoms with van der Waals surface area (Å²) in [5, 5.41) is 4.22. The second-order valence-corrected chi connectivity index (χ2v) is 6.16. The highest BCUT2D eigenvalue weighted by Crippen LogP contribution is 2.08. The van der Waals surface area contributed by atoms with Gasteiger partial charge in [-0.2, -0.15) is 5.10 Å². The fourth-order valence-corrected chi connectivity index (χ4v) is 2.90. The van der Waals surface area contributed by atoms with Crippen molar-refractivity contribution < 1.29 is 4.79 Å².